The molecule has 0 aliphatic carbocycles. The number of hydrogen-bond acceptors (Lipinski definition) is 5. The van der Waals surface area contributed by atoms with Crippen LogP contribution in [0.3, 0.4) is 0 Å². The van der Waals surface area contributed by atoms with E-state index in [-0.39, 0.29) is 12.3 Å². The maximum atomic E-state index is 12.4. The number of aromatic nitrogens is 3. The number of ether oxygens (including phenoxy) is 1. The SMILES string of the molecule is CC1COc2cc(CC(=O)Nc3ccn(Cc4ccc(C#N)cn4)n3)ccc2C1. The molecular weight excluding hydrogens is 366 g/mol. The molecule has 1 unspecified atom stereocenters. The minimum absolute atomic E-state index is 0.129. The third kappa shape index (κ3) is 4.61. The molecule has 146 valence electrons. The van der Waals surface area contributed by atoms with Gasteiger partial charge in [-0.15, -0.1) is 0 Å². The largest absolute Gasteiger partial charge is 0.493 e. The smallest absolute Gasteiger partial charge is 0.229 e. The molecule has 0 spiro atoms. The number of pyridine rings is 1. The van der Waals surface area contributed by atoms with Gasteiger partial charge in [0, 0.05) is 18.5 Å². The molecule has 3 heterocycles. The van der Waals surface area contributed by atoms with E-state index >= 15 is 0 Å². The summed E-state index contributed by atoms with van der Waals surface area (Å²) < 4.78 is 7.47. The lowest BCUT2D eigenvalue weighted by atomic mass is 9.96. The van der Waals surface area contributed by atoms with Crippen LogP contribution < -0.4 is 10.1 Å². The van der Waals surface area contributed by atoms with Gasteiger partial charge in [-0.3, -0.25) is 14.5 Å². The van der Waals surface area contributed by atoms with Gasteiger partial charge in [0.05, 0.1) is 30.8 Å². The highest BCUT2D eigenvalue weighted by Crippen LogP contribution is 2.28. The number of carbonyl (C=O) groups is 1. The normalized spacial score (nSPS) is 15.1. The van der Waals surface area contributed by atoms with Crippen LogP contribution in [0, 0.1) is 17.2 Å². The zero-order valence-corrected chi connectivity index (χ0v) is 16.1. The first-order chi connectivity index (χ1) is 14.1. The van der Waals surface area contributed by atoms with Crippen LogP contribution in [-0.2, 0) is 24.2 Å². The summed E-state index contributed by atoms with van der Waals surface area (Å²) in [5, 5.41) is 16.0. The van der Waals surface area contributed by atoms with Crippen LogP contribution in [0.15, 0.2) is 48.8 Å². The Morgan fingerprint density at radius 2 is 2.24 bits per heavy atom. The summed E-state index contributed by atoms with van der Waals surface area (Å²) >= 11 is 0. The number of nitrogens with one attached hydrogen (secondary N) is 1. The van der Waals surface area contributed by atoms with Crippen molar-refractivity contribution in [3.05, 3.63) is 71.2 Å². The fourth-order valence-corrected chi connectivity index (χ4v) is 3.32. The highest BCUT2D eigenvalue weighted by atomic mass is 16.5. The molecule has 0 radical (unpaired) electrons. The predicted octanol–water partition coefficient (Wildman–Crippen LogP) is 2.95. The van der Waals surface area contributed by atoms with Gasteiger partial charge >= 0.3 is 0 Å². The third-order valence-electron chi connectivity index (χ3n) is 4.77. The maximum Gasteiger partial charge on any atom is 0.229 e. The molecule has 1 N–H and O–H groups in total. The van der Waals surface area contributed by atoms with Crippen molar-refractivity contribution in [3.8, 4) is 11.8 Å². The quantitative estimate of drug-likeness (QED) is 0.727. The topological polar surface area (TPSA) is 92.8 Å². The molecule has 3 aromatic rings. The Morgan fingerprint density at radius 3 is 3.03 bits per heavy atom. The molecular formula is C22H21N5O2. The van der Waals surface area contributed by atoms with Gasteiger partial charge in [-0.25, -0.2) is 0 Å². The molecule has 1 aliphatic rings. The summed E-state index contributed by atoms with van der Waals surface area (Å²) in [5.74, 6) is 1.77. The molecule has 2 aromatic heterocycles. The van der Waals surface area contributed by atoms with Crippen molar-refractivity contribution in [2.75, 3.05) is 11.9 Å². The lowest BCUT2D eigenvalue weighted by molar-refractivity contribution is -0.115. The summed E-state index contributed by atoms with van der Waals surface area (Å²) in [5.41, 5.74) is 3.41. The van der Waals surface area contributed by atoms with Crippen LogP contribution in [0.25, 0.3) is 0 Å². The summed E-state index contributed by atoms with van der Waals surface area (Å²) in [7, 11) is 0. The number of carbonyl (C=O) groups excluding carboxylic acids is 1. The van der Waals surface area contributed by atoms with E-state index in [1.807, 2.05) is 24.3 Å². The first-order valence-electron chi connectivity index (χ1n) is 9.52. The first kappa shape index (κ1) is 18.7. The Bertz CT molecular complexity index is 1070. The van der Waals surface area contributed by atoms with Crippen molar-refractivity contribution in [3.63, 3.8) is 0 Å². The summed E-state index contributed by atoms with van der Waals surface area (Å²) in [4.78, 5) is 16.6. The van der Waals surface area contributed by atoms with Gasteiger partial charge in [-0.2, -0.15) is 10.4 Å². The van der Waals surface area contributed by atoms with Crippen LogP contribution in [-0.4, -0.2) is 27.3 Å². The number of hydrogen-bond donors (Lipinski definition) is 1. The number of amides is 1. The average Bonchev–Trinajstić information content (AvgIpc) is 3.15. The second-order valence-electron chi connectivity index (χ2n) is 7.34. The van der Waals surface area contributed by atoms with Gasteiger partial charge in [0.2, 0.25) is 5.91 Å². The molecule has 0 bridgehead atoms. The number of nitrogens with zero attached hydrogens (tertiary/aromatic N) is 4. The van der Waals surface area contributed by atoms with Crippen LogP contribution in [0.1, 0.15) is 29.3 Å². The van der Waals surface area contributed by atoms with E-state index in [0.29, 0.717) is 30.5 Å². The van der Waals surface area contributed by atoms with E-state index in [1.54, 1.807) is 29.1 Å². The standard InChI is InChI=1S/C22H21N5O2/c1-15-8-18-4-2-16(9-20(18)29-14-15)10-22(28)25-21-6-7-27(26-21)13-19-5-3-17(11-23)12-24-19/h2-7,9,12,15H,8,10,13-14H2,1H3,(H,25,26,28). The number of fused-ring (bicyclic) bond motifs is 1. The van der Waals surface area contributed by atoms with Gasteiger partial charge in [0.15, 0.2) is 5.82 Å². The number of nitriles is 1. The molecule has 1 atom stereocenters. The van der Waals surface area contributed by atoms with Gasteiger partial charge in [-0.1, -0.05) is 19.1 Å². The fraction of sp³-hybridized carbons (Fsp3) is 0.273. The van der Waals surface area contributed by atoms with E-state index in [4.69, 9.17) is 10.00 Å². The Hall–Kier alpha value is -3.66. The van der Waals surface area contributed by atoms with Gasteiger partial charge < -0.3 is 10.1 Å². The zero-order valence-electron chi connectivity index (χ0n) is 16.1. The average molecular weight is 387 g/mol. The molecule has 1 aliphatic heterocycles. The molecule has 1 amide bonds. The first-order valence-corrected chi connectivity index (χ1v) is 9.52. The van der Waals surface area contributed by atoms with Crippen molar-refractivity contribution < 1.29 is 9.53 Å². The van der Waals surface area contributed by atoms with Crippen molar-refractivity contribution in [1.29, 1.82) is 5.26 Å². The maximum absolute atomic E-state index is 12.4. The lowest BCUT2D eigenvalue weighted by Gasteiger charge is -2.22. The monoisotopic (exact) mass is 387 g/mol. The Labute approximate surface area is 169 Å². The van der Waals surface area contributed by atoms with Crippen LogP contribution in [0.5, 0.6) is 5.75 Å². The fourth-order valence-electron chi connectivity index (χ4n) is 3.32. The predicted molar refractivity (Wildman–Crippen MR) is 107 cm³/mol. The highest BCUT2D eigenvalue weighted by Gasteiger charge is 2.17. The van der Waals surface area contributed by atoms with E-state index in [1.165, 1.54) is 11.8 Å². The second-order valence-corrected chi connectivity index (χ2v) is 7.34. The van der Waals surface area contributed by atoms with E-state index in [0.717, 1.165) is 23.4 Å². The molecule has 1 aromatic carbocycles. The molecule has 0 saturated carbocycles. The Morgan fingerprint density at radius 1 is 1.34 bits per heavy atom. The van der Waals surface area contributed by atoms with E-state index in [2.05, 4.69) is 22.3 Å². The van der Waals surface area contributed by atoms with Gasteiger partial charge in [-0.05, 0) is 41.7 Å². The van der Waals surface area contributed by atoms with Crippen molar-refractivity contribution in [1.82, 2.24) is 14.8 Å². The molecule has 7 nitrogen and oxygen atoms in total. The Kier molecular flexibility index (Phi) is 5.25. The second kappa shape index (κ2) is 8.15. The minimum Gasteiger partial charge on any atom is -0.493 e. The summed E-state index contributed by atoms with van der Waals surface area (Å²) in [6, 6.07) is 13.3. The third-order valence-corrected chi connectivity index (χ3v) is 4.77. The van der Waals surface area contributed by atoms with E-state index < -0.39 is 0 Å². The van der Waals surface area contributed by atoms with Crippen LogP contribution >= 0.6 is 0 Å². The highest BCUT2D eigenvalue weighted by molar-refractivity contribution is 5.91. The van der Waals surface area contributed by atoms with Crippen molar-refractivity contribution in [2.45, 2.75) is 26.3 Å². The van der Waals surface area contributed by atoms with Gasteiger partial charge in [0.25, 0.3) is 0 Å². The number of benzene rings is 1. The lowest BCUT2D eigenvalue weighted by Crippen LogP contribution is -2.19. The zero-order chi connectivity index (χ0) is 20.2. The minimum atomic E-state index is -0.129. The number of anilines is 1. The summed E-state index contributed by atoms with van der Waals surface area (Å²) in [6.07, 6.45) is 4.58. The van der Waals surface area contributed by atoms with Crippen LogP contribution in [0.4, 0.5) is 5.82 Å². The van der Waals surface area contributed by atoms with Crippen molar-refractivity contribution in [2.24, 2.45) is 5.92 Å². The number of rotatable bonds is 5. The van der Waals surface area contributed by atoms with Crippen LogP contribution in [0.2, 0.25) is 0 Å². The molecule has 29 heavy (non-hydrogen) atoms. The molecule has 4 rings (SSSR count). The van der Waals surface area contributed by atoms with Gasteiger partial charge in [0.1, 0.15) is 11.8 Å². The Balaban J connectivity index is 1.35. The molecule has 0 saturated heterocycles. The summed E-state index contributed by atoms with van der Waals surface area (Å²) in [6.45, 7) is 3.34. The molecule has 0 fully saturated rings. The van der Waals surface area contributed by atoms with E-state index in [9.17, 15) is 4.79 Å². The molecule has 7 heteroatoms. The van der Waals surface area contributed by atoms with Crippen molar-refractivity contribution >= 4 is 11.7 Å².